The fourth-order valence-electron chi connectivity index (χ4n) is 1.52. The second-order valence-corrected chi connectivity index (χ2v) is 3.51. The molecule has 2 atom stereocenters. The maximum atomic E-state index is 10.6. The lowest BCUT2D eigenvalue weighted by molar-refractivity contribution is -0.141. The summed E-state index contributed by atoms with van der Waals surface area (Å²) in [6.07, 6.45) is 0.619. The Morgan fingerprint density at radius 2 is 2.09 bits per heavy atom. The molecule has 0 aromatic heterocycles. The topological polar surface area (TPSA) is 80.4 Å². The fraction of sp³-hybridized carbons (Fsp3) is 0.714. The van der Waals surface area contributed by atoms with Crippen molar-refractivity contribution in [1.29, 1.82) is 0 Å². The van der Waals surface area contributed by atoms with Gasteiger partial charge in [0, 0.05) is 5.41 Å². The summed E-state index contributed by atoms with van der Waals surface area (Å²) < 4.78 is 0. The molecule has 0 saturated heterocycles. The molecule has 1 aliphatic carbocycles. The summed E-state index contributed by atoms with van der Waals surface area (Å²) in [5.41, 5.74) is 3.56. The molecule has 0 heterocycles. The Hall–Kier alpha value is -0.900. The van der Waals surface area contributed by atoms with Gasteiger partial charge in [0.1, 0.15) is 11.8 Å². The number of carboxylic acid groups (broad SMARTS) is 1. The second-order valence-electron chi connectivity index (χ2n) is 3.51. The molecule has 62 valence electrons. The van der Waals surface area contributed by atoms with Gasteiger partial charge in [0.2, 0.25) is 0 Å². The van der Waals surface area contributed by atoms with E-state index in [0.29, 0.717) is 6.29 Å². The molecule has 1 fully saturated rings. The first-order valence-electron chi connectivity index (χ1n) is 3.36. The molecule has 0 radical (unpaired) electrons. The van der Waals surface area contributed by atoms with E-state index >= 15 is 0 Å². The number of hydrogen-bond acceptors (Lipinski definition) is 3. The molecule has 1 aliphatic rings. The average Bonchev–Trinajstić information content (AvgIpc) is 2.29. The van der Waals surface area contributed by atoms with E-state index in [1.165, 1.54) is 0 Å². The lowest BCUT2D eigenvalue weighted by atomic mass is 10.1. The molecule has 0 aromatic rings. The van der Waals surface area contributed by atoms with Gasteiger partial charge in [0.05, 0.1) is 5.92 Å². The van der Waals surface area contributed by atoms with E-state index in [0.717, 1.165) is 0 Å². The minimum atomic E-state index is -1.34. The highest BCUT2D eigenvalue weighted by Crippen LogP contribution is 2.58. The van der Waals surface area contributed by atoms with Crippen molar-refractivity contribution in [3.8, 4) is 0 Å². The summed E-state index contributed by atoms with van der Waals surface area (Å²) in [5, 5.41) is 8.67. The van der Waals surface area contributed by atoms with Crippen LogP contribution in [0.4, 0.5) is 0 Å². The zero-order chi connectivity index (χ0) is 8.86. The summed E-state index contributed by atoms with van der Waals surface area (Å²) in [6.45, 7) is 3.36. The van der Waals surface area contributed by atoms with Gasteiger partial charge >= 0.3 is 5.97 Å². The standard InChI is InChI=1S/C7H11NO3/c1-6(2)4(3-9)7(6,8)5(10)11/h3-4H,8H2,1-2H3,(H,10,11). The molecule has 0 spiro atoms. The van der Waals surface area contributed by atoms with Crippen LogP contribution in [0.25, 0.3) is 0 Å². The molecule has 11 heavy (non-hydrogen) atoms. The lowest BCUT2D eigenvalue weighted by Gasteiger charge is -2.06. The molecule has 0 amide bonds. The Kier molecular flexibility index (Phi) is 1.36. The Bertz CT molecular complexity index is 224. The zero-order valence-corrected chi connectivity index (χ0v) is 6.50. The van der Waals surface area contributed by atoms with Gasteiger partial charge in [-0.05, 0) is 0 Å². The van der Waals surface area contributed by atoms with Crippen LogP contribution in [0.15, 0.2) is 0 Å². The highest BCUT2D eigenvalue weighted by Gasteiger charge is 2.74. The van der Waals surface area contributed by atoms with Gasteiger partial charge in [0.25, 0.3) is 0 Å². The zero-order valence-electron chi connectivity index (χ0n) is 6.50. The van der Waals surface area contributed by atoms with Crippen LogP contribution in [0.3, 0.4) is 0 Å². The quantitative estimate of drug-likeness (QED) is 0.535. The van der Waals surface area contributed by atoms with E-state index in [4.69, 9.17) is 10.8 Å². The second kappa shape index (κ2) is 1.82. The number of nitrogens with two attached hydrogens (primary N) is 1. The van der Waals surface area contributed by atoms with Crippen molar-refractivity contribution in [2.75, 3.05) is 0 Å². The van der Waals surface area contributed by atoms with Crippen LogP contribution in [-0.4, -0.2) is 22.9 Å². The highest BCUT2D eigenvalue weighted by molar-refractivity contribution is 5.91. The first-order chi connectivity index (χ1) is 4.89. The Labute approximate surface area is 64.4 Å². The van der Waals surface area contributed by atoms with Gasteiger partial charge < -0.3 is 15.6 Å². The largest absolute Gasteiger partial charge is 0.480 e. The minimum Gasteiger partial charge on any atom is -0.480 e. The van der Waals surface area contributed by atoms with Crippen LogP contribution in [-0.2, 0) is 9.59 Å². The van der Waals surface area contributed by atoms with E-state index in [-0.39, 0.29) is 0 Å². The highest BCUT2D eigenvalue weighted by atomic mass is 16.4. The number of aldehydes is 1. The predicted molar refractivity (Wildman–Crippen MR) is 37.9 cm³/mol. The van der Waals surface area contributed by atoms with E-state index in [2.05, 4.69) is 0 Å². The SMILES string of the molecule is CC1(C)C(C=O)C1(N)C(=O)O. The Morgan fingerprint density at radius 3 is 2.18 bits per heavy atom. The van der Waals surface area contributed by atoms with E-state index in [1.807, 2.05) is 0 Å². The summed E-state index contributed by atoms with van der Waals surface area (Å²) in [7, 11) is 0. The molecule has 1 rings (SSSR count). The monoisotopic (exact) mass is 157 g/mol. The minimum absolute atomic E-state index is 0.549. The third-order valence-electron chi connectivity index (χ3n) is 2.74. The summed E-state index contributed by atoms with van der Waals surface area (Å²) in [6, 6.07) is 0. The third kappa shape index (κ3) is 0.673. The Morgan fingerprint density at radius 1 is 1.64 bits per heavy atom. The average molecular weight is 157 g/mol. The van der Waals surface area contributed by atoms with Gasteiger partial charge in [-0.2, -0.15) is 0 Å². The molecular formula is C7H11NO3. The van der Waals surface area contributed by atoms with Crippen LogP contribution in [0.1, 0.15) is 13.8 Å². The van der Waals surface area contributed by atoms with Crippen LogP contribution in [0, 0.1) is 11.3 Å². The van der Waals surface area contributed by atoms with Gasteiger partial charge in [-0.3, -0.25) is 4.79 Å². The van der Waals surface area contributed by atoms with Crippen molar-refractivity contribution < 1.29 is 14.7 Å². The molecule has 0 aliphatic heterocycles. The lowest BCUT2D eigenvalue weighted by Crippen LogP contribution is -2.39. The molecule has 3 N–H and O–H groups in total. The molecular weight excluding hydrogens is 146 g/mol. The normalized spacial score (nSPS) is 39.7. The number of aliphatic carboxylic acids is 1. The van der Waals surface area contributed by atoms with Crippen LogP contribution >= 0.6 is 0 Å². The fourth-order valence-corrected chi connectivity index (χ4v) is 1.52. The van der Waals surface area contributed by atoms with Crippen LogP contribution < -0.4 is 5.73 Å². The van der Waals surface area contributed by atoms with E-state index in [9.17, 15) is 9.59 Å². The maximum absolute atomic E-state index is 10.6. The van der Waals surface area contributed by atoms with Crippen molar-refractivity contribution in [1.82, 2.24) is 0 Å². The smallest absolute Gasteiger partial charge is 0.325 e. The van der Waals surface area contributed by atoms with Crippen molar-refractivity contribution in [2.45, 2.75) is 19.4 Å². The number of carboxylic acids is 1. The Balaban J connectivity index is 2.95. The predicted octanol–water partition coefficient (Wildman–Crippen LogP) is -0.377. The summed E-state index contributed by atoms with van der Waals surface area (Å²) in [5.74, 6) is -1.65. The molecule has 2 unspecified atom stereocenters. The third-order valence-corrected chi connectivity index (χ3v) is 2.74. The van der Waals surface area contributed by atoms with E-state index < -0.39 is 22.8 Å². The van der Waals surface area contributed by atoms with Crippen molar-refractivity contribution >= 4 is 12.3 Å². The molecule has 0 bridgehead atoms. The summed E-state index contributed by atoms with van der Waals surface area (Å²) >= 11 is 0. The van der Waals surface area contributed by atoms with Crippen molar-refractivity contribution in [2.24, 2.45) is 17.1 Å². The van der Waals surface area contributed by atoms with Gasteiger partial charge in [-0.1, -0.05) is 13.8 Å². The number of rotatable bonds is 2. The maximum Gasteiger partial charge on any atom is 0.325 e. The number of carbonyl (C=O) groups is 2. The summed E-state index contributed by atoms with van der Waals surface area (Å²) in [4.78, 5) is 20.9. The first kappa shape index (κ1) is 8.20. The van der Waals surface area contributed by atoms with Gasteiger partial charge in [-0.25, -0.2) is 0 Å². The molecule has 4 nitrogen and oxygen atoms in total. The number of carbonyl (C=O) groups excluding carboxylic acids is 1. The molecule has 4 heteroatoms. The van der Waals surface area contributed by atoms with Crippen molar-refractivity contribution in [3.05, 3.63) is 0 Å². The number of hydrogen-bond donors (Lipinski definition) is 2. The van der Waals surface area contributed by atoms with Crippen molar-refractivity contribution in [3.63, 3.8) is 0 Å². The molecule has 1 saturated carbocycles. The first-order valence-corrected chi connectivity index (χ1v) is 3.36. The van der Waals surface area contributed by atoms with Crippen LogP contribution in [0.2, 0.25) is 0 Å². The van der Waals surface area contributed by atoms with Gasteiger partial charge in [-0.15, -0.1) is 0 Å². The van der Waals surface area contributed by atoms with Gasteiger partial charge in [0.15, 0.2) is 0 Å². The van der Waals surface area contributed by atoms with E-state index in [1.54, 1.807) is 13.8 Å². The van der Waals surface area contributed by atoms with Crippen LogP contribution in [0.5, 0.6) is 0 Å². The molecule has 0 aromatic carbocycles.